The molecule has 0 heterocycles. The maximum absolute atomic E-state index is 10.9. The van der Waals surface area contributed by atoms with E-state index in [1.165, 1.54) is 12.1 Å². The molecule has 0 radical (unpaired) electrons. The predicted molar refractivity (Wildman–Crippen MR) is 69.6 cm³/mol. The van der Waals surface area contributed by atoms with Crippen LogP contribution in [0.1, 0.15) is 5.56 Å². The number of nitro benzene ring substituents is 1. The van der Waals surface area contributed by atoms with Crippen LogP contribution in [0.15, 0.2) is 47.6 Å². The Bertz CT molecular complexity index is 639. The summed E-state index contributed by atoms with van der Waals surface area (Å²) in [6.07, 6.45) is 0.953. The number of phenolic OH excluding ortho intramolecular Hbond substituents is 1. The minimum absolute atomic E-state index is 0.0792. The molecule has 0 fully saturated rings. The van der Waals surface area contributed by atoms with Gasteiger partial charge in [0.1, 0.15) is 0 Å². The molecule has 6 heteroatoms. The van der Waals surface area contributed by atoms with Gasteiger partial charge in [-0.3, -0.25) is 10.1 Å². The topological polar surface area (TPSA) is 96.0 Å². The van der Waals surface area contributed by atoms with E-state index < -0.39 is 16.4 Å². The van der Waals surface area contributed by atoms with Crippen LogP contribution in [0.5, 0.6) is 5.75 Å². The molecule has 96 valence electrons. The molecule has 0 saturated heterocycles. The first-order valence-electron chi connectivity index (χ1n) is 5.37. The van der Waals surface area contributed by atoms with E-state index in [0.29, 0.717) is 5.56 Å². The van der Waals surface area contributed by atoms with Crippen LogP contribution in [0, 0.1) is 10.1 Å². The van der Waals surface area contributed by atoms with Crippen LogP contribution >= 0.6 is 0 Å². The summed E-state index contributed by atoms with van der Waals surface area (Å²) >= 11 is 0. The number of hydrogen-bond acceptors (Lipinski definition) is 5. The lowest BCUT2D eigenvalue weighted by Gasteiger charge is -2.05. The zero-order valence-electron chi connectivity index (χ0n) is 9.72. The van der Waals surface area contributed by atoms with E-state index in [2.05, 4.69) is 5.16 Å². The van der Waals surface area contributed by atoms with E-state index in [1.807, 2.05) is 6.07 Å². The van der Waals surface area contributed by atoms with E-state index in [-0.39, 0.29) is 5.56 Å². The molecule has 0 aromatic heterocycles. The number of oxime groups is 1. The molecule has 0 spiro atoms. The third-order valence-corrected chi connectivity index (χ3v) is 2.62. The van der Waals surface area contributed by atoms with Crippen molar-refractivity contribution in [3.8, 4) is 16.9 Å². The Hall–Kier alpha value is -2.89. The van der Waals surface area contributed by atoms with Crippen molar-refractivity contribution in [2.75, 3.05) is 0 Å². The highest BCUT2D eigenvalue weighted by molar-refractivity contribution is 5.88. The lowest BCUT2D eigenvalue weighted by molar-refractivity contribution is -0.385. The first kappa shape index (κ1) is 12.6. The van der Waals surface area contributed by atoms with Gasteiger partial charge in [-0.05, 0) is 17.2 Å². The molecule has 0 unspecified atom stereocenters. The van der Waals surface area contributed by atoms with Crippen molar-refractivity contribution in [3.63, 3.8) is 0 Å². The van der Waals surface area contributed by atoms with E-state index in [4.69, 9.17) is 5.21 Å². The minimum atomic E-state index is -0.684. The van der Waals surface area contributed by atoms with Gasteiger partial charge in [0.15, 0.2) is 0 Å². The first-order valence-corrected chi connectivity index (χ1v) is 5.37. The summed E-state index contributed by atoms with van der Waals surface area (Å²) in [6.45, 7) is 0. The summed E-state index contributed by atoms with van der Waals surface area (Å²) in [5, 5.41) is 31.9. The molecule has 0 atom stereocenters. The number of nitrogens with zero attached hydrogens (tertiary/aromatic N) is 2. The predicted octanol–water partition coefficient (Wildman–Crippen LogP) is 2.78. The molecule has 0 bridgehead atoms. The van der Waals surface area contributed by atoms with Gasteiger partial charge in [-0.25, -0.2) is 0 Å². The summed E-state index contributed by atoms with van der Waals surface area (Å²) in [6, 6.07) is 11.8. The number of aromatic hydroxyl groups is 1. The number of nitro groups is 1. The van der Waals surface area contributed by atoms with E-state index >= 15 is 0 Å². The van der Waals surface area contributed by atoms with Gasteiger partial charge in [-0.15, -0.1) is 0 Å². The van der Waals surface area contributed by atoms with Crippen molar-refractivity contribution in [3.05, 3.63) is 58.1 Å². The first-order chi connectivity index (χ1) is 9.13. The van der Waals surface area contributed by atoms with Crippen molar-refractivity contribution in [2.45, 2.75) is 0 Å². The smallest absolute Gasteiger partial charge is 0.312 e. The van der Waals surface area contributed by atoms with Gasteiger partial charge in [0.2, 0.25) is 5.75 Å². The van der Waals surface area contributed by atoms with Crippen LogP contribution < -0.4 is 0 Å². The minimum Gasteiger partial charge on any atom is -0.502 e. The summed E-state index contributed by atoms with van der Waals surface area (Å²) in [4.78, 5) is 10.2. The fraction of sp³-hybridized carbons (Fsp3) is 0. The maximum atomic E-state index is 10.9. The quantitative estimate of drug-likeness (QED) is 0.383. The molecule has 6 nitrogen and oxygen atoms in total. The molecule has 19 heavy (non-hydrogen) atoms. The second-order valence-electron chi connectivity index (χ2n) is 3.80. The Morgan fingerprint density at radius 3 is 2.42 bits per heavy atom. The molecule has 0 aliphatic carbocycles. The highest BCUT2D eigenvalue weighted by Gasteiger charge is 2.18. The number of benzene rings is 2. The second-order valence-corrected chi connectivity index (χ2v) is 3.80. The number of phenols is 1. The van der Waals surface area contributed by atoms with E-state index in [9.17, 15) is 15.2 Å². The highest BCUT2D eigenvalue weighted by atomic mass is 16.6. The van der Waals surface area contributed by atoms with Crippen molar-refractivity contribution in [1.29, 1.82) is 0 Å². The van der Waals surface area contributed by atoms with Crippen LogP contribution in [-0.2, 0) is 0 Å². The van der Waals surface area contributed by atoms with Gasteiger partial charge in [-0.1, -0.05) is 35.5 Å². The second kappa shape index (κ2) is 5.18. The molecule has 0 aliphatic heterocycles. The van der Waals surface area contributed by atoms with Gasteiger partial charge in [0.05, 0.1) is 11.1 Å². The fourth-order valence-electron chi connectivity index (χ4n) is 1.74. The molecule has 0 aliphatic rings. The van der Waals surface area contributed by atoms with Crippen molar-refractivity contribution in [2.24, 2.45) is 5.16 Å². The molecule has 0 saturated carbocycles. The normalized spacial score (nSPS) is 10.7. The third-order valence-electron chi connectivity index (χ3n) is 2.62. The van der Waals surface area contributed by atoms with Gasteiger partial charge >= 0.3 is 5.69 Å². The number of hydrogen-bond donors (Lipinski definition) is 2. The third kappa shape index (κ3) is 2.52. The highest BCUT2D eigenvalue weighted by Crippen LogP contribution is 2.34. The molecular formula is C13H10N2O4. The van der Waals surface area contributed by atoms with Crippen LogP contribution in [0.4, 0.5) is 5.69 Å². The van der Waals surface area contributed by atoms with Crippen LogP contribution in [0.25, 0.3) is 11.1 Å². The summed E-state index contributed by atoms with van der Waals surface area (Å²) < 4.78 is 0. The average molecular weight is 258 g/mol. The standard InChI is InChI=1S/C13H10N2O4/c16-13-11(8-14-17)6-10(7-12(13)15(18)19)9-4-2-1-3-5-9/h1-8,16-17H/b14-8+. The van der Waals surface area contributed by atoms with Crippen molar-refractivity contribution < 1.29 is 15.2 Å². The average Bonchev–Trinajstić information content (AvgIpc) is 2.42. The fourth-order valence-corrected chi connectivity index (χ4v) is 1.74. The summed E-state index contributed by atoms with van der Waals surface area (Å²) in [7, 11) is 0. The lowest BCUT2D eigenvalue weighted by Crippen LogP contribution is -1.94. The van der Waals surface area contributed by atoms with Crippen molar-refractivity contribution >= 4 is 11.9 Å². The Morgan fingerprint density at radius 2 is 1.84 bits per heavy atom. The molecule has 2 aromatic rings. The molecule has 0 amide bonds. The monoisotopic (exact) mass is 258 g/mol. The van der Waals surface area contributed by atoms with Crippen LogP contribution in [0.2, 0.25) is 0 Å². The SMILES string of the molecule is O=[N+]([O-])c1cc(-c2ccccc2)cc(/C=N/O)c1O. The molecular weight excluding hydrogens is 248 g/mol. The number of rotatable bonds is 3. The van der Waals surface area contributed by atoms with Gasteiger partial charge in [0.25, 0.3) is 0 Å². The molecule has 2 aromatic carbocycles. The van der Waals surface area contributed by atoms with Gasteiger partial charge in [0, 0.05) is 11.6 Å². The molecule has 2 rings (SSSR count). The maximum Gasteiger partial charge on any atom is 0.312 e. The zero-order valence-corrected chi connectivity index (χ0v) is 9.72. The summed E-state index contributed by atoms with van der Waals surface area (Å²) in [5.41, 5.74) is 0.963. The Balaban J connectivity index is 2.66. The van der Waals surface area contributed by atoms with E-state index in [0.717, 1.165) is 11.8 Å². The largest absolute Gasteiger partial charge is 0.502 e. The van der Waals surface area contributed by atoms with E-state index in [1.54, 1.807) is 24.3 Å². The Kier molecular flexibility index (Phi) is 3.42. The zero-order chi connectivity index (χ0) is 13.8. The Labute approximate surface area is 108 Å². The van der Waals surface area contributed by atoms with Crippen LogP contribution in [0.3, 0.4) is 0 Å². The van der Waals surface area contributed by atoms with Gasteiger partial charge in [-0.2, -0.15) is 0 Å². The van der Waals surface area contributed by atoms with Crippen molar-refractivity contribution in [1.82, 2.24) is 0 Å². The Morgan fingerprint density at radius 1 is 1.16 bits per heavy atom. The van der Waals surface area contributed by atoms with Crippen LogP contribution in [-0.4, -0.2) is 21.5 Å². The summed E-state index contributed by atoms with van der Waals surface area (Å²) in [5.74, 6) is -0.525. The lowest BCUT2D eigenvalue weighted by atomic mass is 10.0. The van der Waals surface area contributed by atoms with Gasteiger partial charge < -0.3 is 10.3 Å². The molecule has 2 N–H and O–H groups in total.